The fraction of sp³-hybridized carbons (Fsp3) is 0.667. The molecular weight excluding hydrogens is 358 g/mol. The molecule has 0 saturated carbocycles. The minimum absolute atomic E-state index is 0.0587. The van der Waals surface area contributed by atoms with Crippen LogP contribution in [-0.2, 0) is 9.13 Å². The first-order valence-corrected chi connectivity index (χ1v) is 11.7. The molecule has 0 aromatic carbocycles. The monoisotopic (exact) mass is 391 g/mol. The molecule has 2 unspecified atom stereocenters. The van der Waals surface area contributed by atoms with Crippen LogP contribution >= 0.6 is 15.6 Å². The highest BCUT2D eigenvalue weighted by Gasteiger charge is 2.44. The molecule has 0 aliphatic rings. The maximum atomic E-state index is 11.1. The Morgan fingerprint density at radius 3 is 1.88 bits per heavy atom. The molecule has 7 heteroatoms. The van der Waals surface area contributed by atoms with Gasteiger partial charge in [-0.2, -0.15) is 4.89 Å². The third-order valence-electron chi connectivity index (χ3n) is 3.93. The van der Waals surface area contributed by atoms with Crippen LogP contribution in [0.25, 0.3) is 0 Å². The number of allylic oxidation sites excluding steroid dienone is 6. The van der Waals surface area contributed by atoms with Crippen LogP contribution < -0.4 is 0 Å². The molecular formula is C18H33O5P2+. The summed E-state index contributed by atoms with van der Waals surface area (Å²) in [5.41, 5.74) is 3.97. The second-order valence-corrected chi connectivity index (χ2v) is 10.2. The minimum atomic E-state index is -4.51. The number of hydrogen-bond donors (Lipinski definition) is 3. The first-order valence-electron chi connectivity index (χ1n) is 8.69. The molecule has 0 aliphatic heterocycles. The van der Waals surface area contributed by atoms with Crippen LogP contribution in [0, 0.1) is 0 Å². The van der Waals surface area contributed by atoms with Gasteiger partial charge >= 0.3 is 15.6 Å². The summed E-state index contributed by atoms with van der Waals surface area (Å²) in [6.45, 7) is 8.40. The molecule has 3 N–H and O–H groups in total. The molecule has 0 aromatic rings. The molecule has 0 aliphatic carbocycles. The zero-order chi connectivity index (χ0) is 19.5. The van der Waals surface area contributed by atoms with Crippen LogP contribution in [-0.4, -0.2) is 20.1 Å². The summed E-state index contributed by atoms with van der Waals surface area (Å²) in [5.74, 6) is 0. The Bertz CT molecular complexity index is 554. The van der Waals surface area contributed by atoms with Crippen LogP contribution in [0.2, 0.25) is 0 Å². The highest BCUT2D eigenvalue weighted by atomic mass is 31.2. The van der Waals surface area contributed by atoms with Crippen molar-refractivity contribution in [2.45, 2.75) is 78.0 Å². The van der Waals surface area contributed by atoms with Gasteiger partial charge in [-0.05, 0) is 70.8 Å². The molecule has 2 atom stereocenters. The van der Waals surface area contributed by atoms with Gasteiger partial charge in [0.2, 0.25) is 0 Å². The van der Waals surface area contributed by atoms with Crippen LogP contribution in [0.1, 0.15) is 72.6 Å². The van der Waals surface area contributed by atoms with Crippen LogP contribution in [0.15, 0.2) is 34.9 Å². The van der Waals surface area contributed by atoms with Crippen molar-refractivity contribution in [3.63, 3.8) is 0 Å². The summed E-state index contributed by atoms with van der Waals surface area (Å²) < 4.78 is 22.2. The molecule has 0 saturated heterocycles. The lowest BCUT2D eigenvalue weighted by Crippen LogP contribution is -2.03. The quantitative estimate of drug-likeness (QED) is 0.221. The lowest BCUT2D eigenvalue weighted by Gasteiger charge is -2.06. The van der Waals surface area contributed by atoms with E-state index in [0.717, 1.165) is 25.7 Å². The highest BCUT2D eigenvalue weighted by molar-refractivity contribution is 7.65. The molecule has 0 radical (unpaired) electrons. The Morgan fingerprint density at radius 2 is 1.44 bits per heavy atom. The molecule has 0 fully saturated rings. The van der Waals surface area contributed by atoms with Crippen molar-refractivity contribution < 1.29 is 23.8 Å². The van der Waals surface area contributed by atoms with Gasteiger partial charge < -0.3 is 9.79 Å². The number of rotatable bonds is 12. The topological polar surface area (TPSA) is 94.8 Å². The molecule has 0 spiro atoms. The van der Waals surface area contributed by atoms with Gasteiger partial charge in [-0.25, -0.2) is 0 Å². The average Bonchev–Trinajstić information content (AvgIpc) is 2.44. The number of hydrogen-bond acceptors (Lipinski definition) is 2. The third-order valence-corrected chi connectivity index (χ3v) is 7.22. The normalized spacial score (nSPS) is 15.1. The van der Waals surface area contributed by atoms with Gasteiger partial charge in [-0.3, -0.25) is 4.57 Å². The molecule has 0 amide bonds. The standard InChI is InChI=1S/C18H32O5P2/c1-15(2)9-7-11-17(4)13-8-12-16(3)10-5-6-14-18(24(19)20)25(21,22)23/h9-10,13,18H,5-8,11-12,14H2,1-4H3,(H2-,19,20,21,22,23)/p+1/b16-10+,17-13+. The summed E-state index contributed by atoms with van der Waals surface area (Å²) in [5, 5.41) is -1.44. The van der Waals surface area contributed by atoms with Gasteiger partial charge in [0.15, 0.2) is 0 Å². The van der Waals surface area contributed by atoms with Crippen molar-refractivity contribution in [3.05, 3.63) is 34.9 Å². The van der Waals surface area contributed by atoms with E-state index in [9.17, 15) is 9.13 Å². The Kier molecular flexibility index (Phi) is 12.4. The van der Waals surface area contributed by atoms with E-state index >= 15 is 0 Å². The third kappa shape index (κ3) is 13.3. The molecule has 0 rings (SSSR count). The highest BCUT2D eigenvalue weighted by Crippen LogP contribution is 2.53. The van der Waals surface area contributed by atoms with Gasteiger partial charge in [0.25, 0.3) is 5.40 Å². The summed E-state index contributed by atoms with van der Waals surface area (Å²) in [7, 11) is -7.36. The van der Waals surface area contributed by atoms with Crippen molar-refractivity contribution in [2.75, 3.05) is 0 Å². The van der Waals surface area contributed by atoms with Crippen molar-refractivity contribution in [2.24, 2.45) is 0 Å². The smallest absolute Gasteiger partial charge is 0.321 e. The molecule has 0 bridgehead atoms. The van der Waals surface area contributed by atoms with E-state index in [1.165, 1.54) is 16.7 Å². The summed E-state index contributed by atoms with van der Waals surface area (Å²) in [6, 6.07) is 0. The second-order valence-electron chi connectivity index (χ2n) is 6.76. The summed E-state index contributed by atoms with van der Waals surface area (Å²) in [4.78, 5) is 27.1. The van der Waals surface area contributed by atoms with Gasteiger partial charge in [0.05, 0.1) is 0 Å². The molecule has 0 aromatic heterocycles. The first kappa shape index (κ1) is 24.4. The van der Waals surface area contributed by atoms with Crippen LogP contribution in [0.3, 0.4) is 0 Å². The van der Waals surface area contributed by atoms with Gasteiger partial charge in [0, 0.05) is 6.42 Å². The summed E-state index contributed by atoms with van der Waals surface area (Å²) >= 11 is 0. The SMILES string of the molecule is CC(C)=CCC/C(C)=C/CC/C(C)=C/CCCC([P+](=O)O)P(=O)(O)O. The van der Waals surface area contributed by atoms with Gasteiger partial charge in [-0.1, -0.05) is 34.9 Å². The Hall–Kier alpha value is -0.570. The fourth-order valence-corrected chi connectivity index (χ4v) is 4.35. The largest absolute Gasteiger partial charge is 0.521 e. The lowest BCUT2D eigenvalue weighted by atomic mass is 10.1. The fourth-order valence-electron chi connectivity index (χ4n) is 2.40. The summed E-state index contributed by atoms with van der Waals surface area (Å²) in [6.07, 6.45) is 11.9. The predicted octanol–water partition coefficient (Wildman–Crippen LogP) is 5.81. The second kappa shape index (κ2) is 12.7. The maximum Gasteiger partial charge on any atom is 0.521 e. The molecule has 5 nitrogen and oxygen atoms in total. The van der Waals surface area contributed by atoms with Crippen LogP contribution in [0.5, 0.6) is 0 Å². The zero-order valence-corrected chi connectivity index (χ0v) is 17.6. The Labute approximate surface area is 153 Å². The minimum Gasteiger partial charge on any atom is -0.321 e. The lowest BCUT2D eigenvalue weighted by molar-refractivity contribution is 0.362. The van der Waals surface area contributed by atoms with E-state index < -0.39 is 21.0 Å². The van der Waals surface area contributed by atoms with Crippen LogP contribution in [0.4, 0.5) is 0 Å². The van der Waals surface area contributed by atoms with Gasteiger partial charge in [0.1, 0.15) is 0 Å². The first-order chi connectivity index (χ1) is 11.5. The van der Waals surface area contributed by atoms with Gasteiger partial charge in [-0.15, -0.1) is 0 Å². The number of unbranched alkanes of at least 4 members (excludes halogenated alkanes) is 1. The van der Waals surface area contributed by atoms with E-state index in [1.54, 1.807) is 0 Å². The van der Waals surface area contributed by atoms with E-state index in [-0.39, 0.29) is 6.42 Å². The van der Waals surface area contributed by atoms with Crippen molar-refractivity contribution in [3.8, 4) is 0 Å². The Morgan fingerprint density at radius 1 is 0.960 bits per heavy atom. The maximum absolute atomic E-state index is 11.1. The van der Waals surface area contributed by atoms with E-state index in [4.69, 9.17) is 14.7 Å². The predicted molar refractivity (Wildman–Crippen MR) is 105 cm³/mol. The molecule has 144 valence electrons. The molecule has 25 heavy (non-hydrogen) atoms. The average molecular weight is 391 g/mol. The van der Waals surface area contributed by atoms with E-state index in [1.807, 2.05) is 13.0 Å². The van der Waals surface area contributed by atoms with E-state index in [0.29, 0.717) is 12.8 Å². The zero-order valence-electron chi connectivity index (χ0n) is 15.8. The Balaban J connectivity index is 4.16. The van der Waals surface area contributed by atoms with Crippen molar-refractivity contribution >= 4 is 15.6 Å². The van der Waals surface area contributed by atoms with Crippen molar-refractivity contribution in [1.82, 2.24) is 0 Å². The molecule has 0 heterocycles. The van der Waals surface area contributed by atoms with E-state index in [2.05, 4.69) is 32.9 Å². The van der Waals surface area contributed by atoms with Crippen molar-refractivity contribution in [1.29, 1.82) is 0 Å².